The van der Waals surface area contributed by atoms with Gasteiger partial charge in [-0.1, -0.05) is 59.6 Å². The number of hydrogen-bond donors (Lipinski definition) is 2. The van der Waals surface area contributed by atoms with Crippen molar-refractivity contribution in [3.05, 3.63) is 69.7 Å². The number of carboxylic acid groups (broad SMARTS) is 1. The van der Waals surface area contributed by atoms with Crippen molar-refractivity contribution in [1.82, 2.24) is 5.32 Å². The minimum atomic E-state index is -1.30. The molecule has 1 amide bonds. The summed E-state index contributed by atoms with van der Waals surface area (Å²) in [5.74, 6) is -1.40. The van der Waals surface area contributed by atoms with Crippen LogP contribution >= 0.6 is 23.2 Å². The minimum Gasteiger partial charge on any atom is -0.481 e. The topological polar surface area (TPSA) is 66.4 Å². The molecule has 0 radical (unpaired) electrons. The van der Waals surface area contributed by atoms with Gasteiger partial charge in [-0.05, 0) is 37.1 Å². The second kappa shape index (κ2) is 7.89. The highest BCUT2D eigenvalue weighted by atomic mass is 35.5. The van der Waals surface area contributed by atoms with Gasteiger partial charge in [0.05, 0.1) is 21.5 Å². The maximum atomic E-state index is 12.4. The van der Waals surface area contributed by atoms with Gasteiger partial charge in [-0.3, -0.25) is 9.59 Å². The van der Waals surface area contributed by atoms with Crippen LogP contribution in [0.1, 0.15) is 37.4 Å². The van der Waals surface area contributed by atoms with Crippen LogP contribution in [-0.2, 0) is 15.0 Å². The van der Waals surface area contributed by atoms with E-state index in [-0.39, 0.29) is 18.4 Å². The normalized spacial score (nSPS) is 14.4. The van der Waals surface area contributed by atoms with Gasteiger partial charge in [0.1, 0.15) is 0 Å². The third-order valence-corrected chi connectivity index (χ3v) is 4.96. The molecule has 0 aliphatic rings. The second-order valence-electron chi connectivity index (χ2n) is 6.14. The Hall–Kier alpha value is -2.04. The average Bonchev–Trinajstić information content (AvgIpc) is 2.57. The van der Waals surface area contributed by atoms with Crippen molar-refractivity contribution in [2.75, 3.05) is 0 Å². The third-order valence-electron chi connectivity index (χ3n) is 4.22. The number of amides is 1. The molecule has 2 N–H and O–H groups in total. The first kappa shape index (κ1) is 19.3. The fraction of sp³-hybridized carbons (Fsp3) is 0.263. The summed E-state index contributed by atoms with van der Waals surface area (Å²) >= 11 is 11.9. The predicted octanol–water partition coefficient (Wildman–Crippen LogP) is 4.60. The van der Waals surface area contributed by atoms with E-state index in [1.54, 1.807) is 62.4 Å². The lowest BCUT2D eigenvalue weighted by molar-refractivity contribution is -0.145. The first-order chi connectivity index (χ1) is 11.7. The van der Waals surface area contributed by atoms with E-state index in [0.29, 0.717) is 15.6 Å². The highest BCUT2D eigenvalue weighted by molar-refractivity contribution is 6.42. The Morgan fingerprint density at radius 2 is 1.76 bits per heavy atom. The zero-order valence-electron chi connectivity index (χ0n) is 13.9. The predicted molar refractivity (Wildman–Crippen MR) is 99.1 cm³/mol. The van der Waals surface area contributed by atoms with Crippen molar-refractivity contribution in [3.8, 4) is 0 Å². The van der Waals surface area contributed by atoms with E-state index >= 15 is 0 Å². The quantitative estimate of drug-likeness (QED) is 0.770. The highest BCUT2D eigenvalue weighted by Gasteiger charge is 2.37. The van der Waals surface area contributed by atoms with Crippen LogP contribution in [-0.4, -0.2) is 17.0 Å². The molecule has 0 aliphatic heterocycles. The Morgan fingerprint density at radius 1 is 1.12 bits per heavy atom. The van der Waals surface area contributed by atoms with Crippen LogP contribution in [0, 0.1) is 0 Å². The van der Waals surface area contributed by atoms with Gasteiger partial charge in [0.15, 0.2) is 0 Å². The van der Waals surface area contributed by atoms with E-state index in [9.17, 15) is 14.7 Å². The molecular formula is C19H19Cl2NO3. The van der Waals surface area contributed by atoms with Gasteiger partial charge in [0.2, 0.25) is 5.91 Å². The van der Waals surface area contributed by atoms with Crippen molar-refractivity contribution in [2.45, 2.75) is 31.7 Å². The summed E-state index contributed by atoms with van der Waals surface area (Å²) in [7, 11) is 0. The van der Waals surface area contributed by atoms with Gasteiger partial charge in [-0.2, -0.15) is 0 Å². The largest absolute Gasteiger partial charge is 0.481 e. The molecule has 0 fully saturated rings. The molecule has 6 heteroatoms. The van der Waals surface area contributed by atoms with Crippen molar-refractivity contribution >= 4 is 35.1 Å². The highest BCUT2D eigenvalue weighted by Crippen LogP contribution is 2.29. The summed E-state index contributed by atoms with van der Waals surface area (Å²) in [4.78, 5) is 24.2. The summed E-state index contributed by atoms with van der Waals surface area (Å²) in [6, 6.07) is 13.5. The molecule has 0 unspecified atom stereocenters. The maximum Gasteiger partial charge on any atom is 0.314 e. The third kappa shape index (κ3) is 4.53. The number of carbonyl (C=O) groups excluding carboxylic acids is 1. The Labute approximate surface area is 156 Å². The molecule has 132 valence electrons. The van der Waals surface area contributed by atoms with Crippen molar-refractivity contribution < 1.29 is 14.7 Å². The molecule has 0 bridgehead atoms. The minimum absolute atomic E-state index is 0.169. The number of benzene rings is 2. The lowest BCUT2D eigenvalue weighted by atomic mass is 9.79. The molecule has 2 aromatic carbocycles. The molecule has 0 aromatic heterocycles. The van der Waals surface area contributed by atoms with Gasteiger partial charge in [-0.25, -0.2) is 0 Å². The zero-order valence-corrected chi connectivity index (χ0v) is 15.4. The van der Waals surface area contributed by atoms with Gasteiger partial charge in [0, 0.05) is 6.42 Å². The summed E-state index contributed by atoms with van der Waals surface area (Å²) in [6.07, 6.45) is -0.169. The first-order valence-electron chi connectivity index (χ1n) is 7.77. The molecule has 2 aromatic rings. The Bertz CT molecular complexity index is 779. The van der Waals surface area contributed by atoms with E-state index in [0.717, 1.165) is 5.56 Å². The maximum absolute atomic E-state index is 12.4. The van der Waals surface area contributed by atoms with Crippen LogP contribution in [0.5, 0.6) is 0 Å². The Kier molecular flexibility index (Phi) is 6.09. The molecule has 2 atom stereocenters. The van der Waals surface area contributed by atoms with E-state index < -0.39 is 11.4 Å². The van der Waals surface area contributed by atoms with E-state index in [1.807, 2.05) is 0 Å². The van der Waals surface area contributed by atoms with E-state index in [2.05, 4.69) is 5.32 Å². The number of carboxylic acids is 1. The standard InChI is InChI=1S/C19H19Cl2NO3/c1-12(13-8-9-15(20)16(21)10-13)22-17(23)11-19(2,18(24)25)14-6-4-3-5-7-14/h3-10,12H,11H2,1-2H3,(H,22,23)(H,24,25)/t12-,19-/m0/s1. The molecule has 0 saturated heterocycles. The van der Waals surface area contributed by atoms with Crippen LogP contribution in [0.3, 0.4) is 0 Å². The number of carbonyl (C=O) groups is 2. The molecule has 0 spiro atoms. The fourth-order valence-electron chi connectivity index (χ4n) is 2.59. The Balaban J connectivity index is 2.14. The van der Waals surface area contributed by atoms with Gasteiger partial charge in [-0.15, -0.1) is 0 Å². The van der Waals surface area contributed by atoms with Crippen molar-refractivity contribution in [3.63, 3.8) is 0 Å². The summed E-state index contributed by atoms with van der Waals surface area (Å²) in [5, 5.41) is 13.3. The molecule has 4 nitrogen and oxygen atoms in total. The van der Waals surface area contributed by atoms with Crippen LogP contribution in [0.25, 0.3) is 0 Å². The molecule has 2 rings (SSSR count). The molecule has 25 heavy (non-hydrogen) atoms. The number of hydrogen-bond acceptors (Lipinski definition) is 2. The van der Waals surface area contributed by atoms with E-state index in [4.69, 9.17) is 23.2 Å². The van der Waals surface area contributed by atoms with Crippen LogP contribution in [0.2, 0.25) is 10.0 Å². The molecule has 0 saturated carbocycles. The lowest BCUT2D eigenvalue weighted by Crippen LogP contribution is -2.39. The lowest BCUT2D eigenvalue weighted by Gasteiger charge is -2.26. The zero-order chi connectivity index (χ0) is 18.6. The van der Waals surface area contributed by atoms with Crippen molar-refractivity contribution in [1.29, 1.82) is 0 Å². The van der Waals surface area contributed by atoms with Crippen molar-refractivity contribution in [2.24, 2.45) is 0 Å². The SMILES string of the molecule is C[C@H](NC(=O)C[C@](C)(C(=O)O)c1ccccc1)c1ccc(Cl)c(Cl)c1. The number of aliphatic carboxylic acids is 1. The second-order valence-corrected chi connectivity index (χ2v) is 6.96. The Morgan fingerprint density at radius 3 is 2.32 bits per heavy atom. The van der Waals surface area contributed by atoms with Gasteiger partial charge in [0.25, 0.3) is 0 Å². The van der Waals surface area contributed by atoms with Crippen LogP contribution in [0.4, 0.5) is 0 Å². The van der Waals surface area contributed by atoms with Crippen LogP contribution < -0.4 is 5.32 Å². The van der Waals surface area contributed by atoms with E-state index in [1.165, 1.54) is 0 Å². The average molecular weight is 380 g/mol. The number of nitrogens with one attached hydrogen (secondary N) is 1. The first-order valence-corrected chi connectivity index (χ1v) is 8.53. The molecule has 0 aliphatic carbocycles. The summed E-state index contributed by atoms with van der Waals surface area (Å²) < 4.78 is 0. The number of halogens is 2. The molecular weight excluding hydrogens is 361 g/mol. The van der Waals surface area contributed by atoms with Gasteiger partial charge >= 0.3 is 5.97 Å². The monoisotopic (exact) mass is 379 g/mol. The van der Waals surface area contributed by atoms with Crippen LogP contribution in [0.15, 0.2) is 48.5 Å². The fourth-order valence-corrected chi connectivity index (χ4v) is 2.89. The van der Waals surface area contributed by atoms with Gasteiger partial charge < -0.3 is 10.4 Å². The molecule has 0 heterocycles. The summed E-state index contributed by atoms with van der Waals surface area (Å²) in [5.41, 5.74) is 0.0715. The number of rotatable bonds is 6. The summed E-state index contributed by atoms with van der Waals surface area (Å²) in [6.45, 7) is 3.35. The smallest absolute Gasteiger partial charge is 0.314 e.